The van der Waals surface area contributed by atoms with Crippen LogP contribution in [0, 0.1) is 11.8 Å². The normalized spacial score (nSPS) is 20.4. The molecule has 0 saturated heterocycles. The van der Waals surface area contributed by atoms with Gasteiger partial charge in [-0.2, -0.15) is 0 Å². The molecule has 0 aromatic carbocycles. The molecule has 0 fully saturated rings. The number of Topliss-reactive ketones (excluding diaryl/α,β-unsaturated/α-hetero) is 1. The summed E-state index contributed by atoms with van der Waals surface area (Å²) in [5.74, 6) is 0.927. The van der Waals surface area contributed by atoms with Gasteiger partial charge < -0.3 is 4.57 Å². The van der Waals surface area contributed by atoms with Crippen LogP contribution in [0.5, 0.6) is 0 Å². The van der Waals surface area contributed by atoms with Crippen molar-refractivity contribution in [1.29, 1.82) is 0 Å². The van der Waals surface area contributed by atoms with Crippen molar-refractivity contribution in [3.63, 3.8) is 0 Å². The first-order valence-corrected chi connectivity index (χ1v) is 5.67. The Balaban J connectivity index is 2.32. The lowest BCUT2D eigenvalue weighted by molar-refractivity contribution is 0.0933. The minimum Gasteiger partial charge on any atom is -0.334 e. The van der Waals surface area contributed by atoms with E-state index in [9.17, 15) is 4.79 Å². The van der Waals surface area contributed by atoms with Gasteiger partial charge in [0.2, 0.25) is 0 Å². The lowest BCUT2D eigenvalue weighted by Crippen LogP contribution is -2.19. The van der Waals surface area contributed by atoms with Crippen molar-refractivity contribution in [2.75, 3.05) is 0 Å². The summed E-state index contributed by atoms with van der Waals surface area (Å²) in [7, 11) is 0. The second-order valence-corrected chi connectivity index (χ2v) is 4.86. The summed E-state index contributed by atoms with van der Waals surface area (Å²) in [6.07, 6.45) is 3.99. The van der Waals surface area contributed by atoms with E-state index in [2.05, 4.69) is 16.5 Å². The highest BCUT2D eigenvalue weighted by atomic mass is 16.1. The number of carbonyl (C=O) groups is 1. The Kier molecular flexibility index (Phi) is 2.63. The van der Waals surface area contributed by atoms with Gasteiger partial charge in [0.25, 0.3) is 0 Å². The van der Waals surface area contributed by atoms with Crippen molar-refractivity contribution in [1.82, 2.24) is 9.55 Å². The van der Waals surface area contributed by atoms with E-state index in [1.54, 1.807) is 0 Å². The highest BCUT2D eigenvalue weighted by Gasteiger charge is 2.23. The predicted octanol–water partition coefficient (Wildman–Crippen LogP) is 2.30. The first-order chi connectivity index (χ1) is 7.09. The molecule has 1 aliphatic rings. The number of hydrogen-bond acceptors (Lipinski definition) is 2. The molecule has 1 aromatic heterocycles. The third kappa shape index (κ3) is 1.83. The standard InChI is InChI=1S/C12H18N2O/c1-8(2)12(15)11-10-5-4-9(3)6-14(10)7-13-11/h7-9H,4-6H2,1-3H3. The monoisotopic (exact) mass is 206 g/mol. The van der Waals surface area contributed by atoms with Crippen LogP contribution in [0.1, 0.15) is 43.4 Å². The van der Waals surface area contributed by atoms with Crippen LogP contribution in [-0.2, 0) is 13.0 Å². The SMILES string of the molecule is CC1CCc2c(C(=O)C(C)C)ncn2C1. The van der Waals surface area contributed by atoms with Crippen molar-refractivity contribution >= 4 is 5.78 Å². The number of rotatable bonds is 2. The van der Waals surface area contributed by atoms with Crippen LogP contribution >= 0.6 is 0 Å². The molecule has 3 nitrogen and oxygen atoms in total. The third-order valence-corrected chi connectivity index (χ3v) is 3.09. The molecule has 0 bridgehead atoms. The Labute approximate surface area is 90.5 Å². The maximum absolute atomic E-state index is 11.9. The number of ketones is 1. The molecule has 0 saturated carbocycles. The zero-order valence-electron chi connectivity index (χ0n) is 9.66. The smallest absolute Gasteiger partial charge is 0.185 e. The molecular weight excluding hydrogens is 188 g/mol. The van der Waals surface area contributed by atoms with Gasteiger partial charge in [0.15, 0.2) is 5.78 Å². The Bertz CT molecular complexity index is 379. The van der Waals surface area contributed by atoms with Gasteiger partial charge in [-0.25, -0.2) is 4.98 Å². The maximum atomic E-state index is 11.9. The minimum atomic E-state index is 0.0453. The second kappa shape index (κ2) is 3.80. The molecule has 0 spiro atoms. The summed E-state index contributed by atoms with van der Waals surface area (Å²) in [4.78, 5) is 16.2. The van der Waals surface area contributed by atoms with Gasteiger partial charge in [0.1, 0.15) is 5.69 Å². The van der Waals surface area contributed by atoms with Crippen molar-refractivity contribution in [2.45, 2.75) is 40.2 Å². The lowest BCUT2D eigenvalue weighted by Gasteiger charge is -2.21. The van der Waals surface area contributed by atoms with Crippen LogP contribution in [0.3, 0.4) is 0 Å². The summed E-state index contributed by atoms with van der Waals surface area (Å²) in [5.41, 5.74) is 1.85. The van der Waals surface area contributed by atoms with Gasteiger partial charge in [-0.1, -0.05) is 20.8 Å². The van der Waals surface area contributed by atoms with E-state index in [1.165, 1.54) is 6.42 Å². The molecule has 3 heteroatoms. The van der Waals surface area contributed by atoms with Gasteiger partial charge in [-0.05, 0) is 18.8 Å². The summed E-state index contributed by atoms with van der Waals surface area (Å²) in [5, 5.41) is 0. The Morgan fingerprint density at radius 3 is 3.00 bits per heavy atom. The molecule has 0 amide bonds. The number of hydrogen-bond donors (Lipinski definition) is 0. The number of aromatic nitrogens is 2. The molecule has 2 rings (SSSR count). The highest BCUT2D eigenvalue weighted by molar-refractivity contribution is 5.96. The highest BCUT2D eigenvalue weighted by Crippen LogP contribution is 2.23. The van der Waals surface area contributed by atoms with Gasteiger partial charge in [0.05, 0.1) is 6.33 Å². The molecule has 15 heavy (non-hydrogen) atoms. The Hall–Kier alpha value is -1.12. The van der Waals surface area contributed by atoms with E-state index in [-0.39, 0.29) is 11.7 Å². The molecular formula is C12H18N2O. The molecule has 1 atom stereocenters. The predicted molar refractivity (Wildman–Crippen MR) is 58.9 cm³/mol. The van der Waals surface area contributed by atoms with Crippen LogP contribution < -0.4 is 0 Å². The summed E-state index contributed by atoms with van der Waals surface area (Å²) >= 11 is 0. The molecule has 1 unspecified atom stereocenters. The van der Waals surface area contributed by atoms with E-state index in [0.717, 1.165) is 18.7 Å². The van der Waals surface area contributed by atoms with Crippen molar-refractivity contribution < 1.29 is 4.79 Å². The Morgan fingerprint density at radius 1 is 1.60 bits per heavy atom. The zero-order chi connectivity index (χ0) is 11.0. The summed E-state index contributed by atoms with van der Waals surface area (Å²) in [6.45, 7) is 7.11. The zero-order valence-corrected chi connectivity index (χ0v) is 9.66. The van der Waals surface area contributed by atoms with Crippen molar-refractivity contribution in [2.24, 2.45) is 11.8 Å². The first-order valence-electron chi connectivity index (χ1n) is 5.67. The van der Waals surface area contributed by atoms with Crippen molar-refractivity contribution in [3.05, 3.63) is 17.7 Å². The second-order valence-electron chi connectivity index (χ2n) is 4.86. The van der Waals surface area contributed by atoms with E-state index in [4.69, 9.17) is 0 Å². The van der Waals surface area contributed by atoms with Gasteiger partial charge in [-0.15, -0.1) is 0 Å². The van der Waals surface area contributed by atoms with Gasteiger partial charge in [0, 0.05) is 18.2 Å². The van der Waals surface area contributed by atoms with Crippen LogP contribution in [-0.4, -0.2) is 15.3 Å². The fourth-order valence-corrected chi connectivity index (χ4v) is 2.12. The molecule has 2 heterocycles. The Morgan fingerprint density at radius 2 is 2.33 bits per heavy atom. The molecule has 82 valence electrons. The number of nitrogens with zero attached hydrogens (tertiary/aromatic N) is 2. The summed E-state index contributed by atoms with van der Waals surface area (Å²) < 4.78 is 2.14. The lowest BCUT2D eigenvalue weighted by atomic mass is 9.96. The molecule has 0 radical (unpaired) electrons. The molecule has 1 aromatic rings. The number of fused-ring (bicyclic) bond motifs is 1. The third-order valence-electron chi connectivity index (χ3n) is 3.09. The fourth-order valence-electron chi connectivity index (χ4n) is 2.12. The van der Waals surface area contributed by atoms with E-state index in [0.29, 0.717) is 11.6 Å². The molecule has 0 N–H and O–H groups in total. The quantitative estimate of drug-likeness (QED) is 0.696. The van der Waals surface area contributed by atoms with Crippen LogP contribution in [0.2, 0.25) is 0 Å². The maximum Gasteiger partial charge on any atom is 0.185 e. The van der Waals surface area contributed by atoms with Gasteiger partial charge >= 0.3 is 0 Å². The number of carbonyl (C=O) groups excluding carboxylic acids is 1. The average molecular weight is 206 g/mol. The van der Waals surface area contributed by atoms with Crippen LogP contribution in [0.4, 0.5) is 0 Å². The largest absolute Gasteiger partial charge is 0.334 e. The van der Waals surface area contributed by atoms with Crippen LogP contribution in [0.15, 0.2) is 6.33 Å². The first kappa shape index (κ1) is 10.4. The minimum absolute atomic E-state index is 0.0453. The molecule has 0 aliphatic carbocycles. The number of imidazole rings is 1. The van der Waals surface area contributed by atoms with E-state index >= 15 is 0 Å². The van der Waals surface area contributed by atoms with E-state index < -0.39 is 0 Å². The summed E-state index contributed by atoms with van der Waals surface area (Å²) in [6, 6.07) is 0. The van der Waals surface area contributed by atoms with Crippen LogP contribution in [0.25, 0.3) is 0 Å². The van der Waals surface area contributed by atoms with E-state index in [1.807, 2.05) is 20.2 Å². The molecule has 1 aliphatic heterocycles. The van der Waals surface area contributed by atoms with Gasteiger partial charge in [-0.3, -0.25) is 4.79 Å². The fraction of sp³-hybridized carbons (Fsp3) is 0.667. The van der Waals surface area contributed by atoms with Crippen molar-refractivity contribution in [3.8, 4) is 0 Å². The average Bonchev–Trinajstić information content (AvgIpc) is 2.59. The topological polar surface area (TPSA) is 34.9 Å².